The summed E-state index contributed by atoms with van der Waals surface area (Å²) in [6, 6.07) is 11.9. The molecule has 0 spiro atoms. The molecule has 16 nitrogen and oxygen atoms in total. The first-order chi connectivity index (χ1) is 27.4. The summed E-state index contributed by atoms with van der Waals surface area (Å²) in [4.78, 5) is 112. The van der Waals surface area contributed by atoms with Gasteiger partial charge in [-0.15, -0.1) is 0 Å². The molecule has 0 aromatic heterocycles. The van der Waals surface area contributed by atoms with Crippen LogP contribution in [0.5, 0.6) is 0 Å². The van der Waals surface area contributed by atoms with Crippen LogP contribution in [0.2, 0.25) is 0 Å². The van der Waals surface area contributed by atoms with Crippen molar-refractivity contribution in [3.05, 3.63) is 88.0 Å². The number of Topliss-reactive ketones (excluding diaryl/α,β-unsaturated/α-hetero) is 6. The molecule has 0 radical (unpaired) electrons. The van der Waals surface area contributed by atoms with Gasteiger partial charge in [-0.05, 0) is 135 Å². The largest absolute Gasteiger partial charge is 0.338 e. The van der Waals surface area contributed by atoms with Crippen LogP contribution in [0.3, 0.4) is 0 Å². The fraction of sp³-hybridized carbons (Fsp3) is 0.357. The van der Waals surface area contributed by atoms with Crippen molar-refractivity contribution in [1.29, 1.82) is 0 Å². The number of rotatable bonds is 21. The summed E-state index contributed by atoms with van der Waals surface area (Å²) in [7, 11) is 0. The number of ketones is 6. The van der Waals surface area contributed by atoms with Gasteiger partial charge in [-0.3, -0.25) is 28.8 Å². The highest BCUT2D eigenvalue weighted by Crippen LogP contribution is 2.19. The third-order valence-corrected chi connectivity index (χ3v) is 8.82. The van der Waals surface area contributed by atoms with E-state index in [0.29, 0.717) is 109 Å². The van der Waals surface area contributed by atoms with E-state index in [1.54, 1.807) is 0 Å². The van der Waals surface area contributed by atoms with Crippen molar-refractivity contribution in [2.24, 2.45) is 0 Å². The molecule has 0 saturated heterocycles. The van der Waals surface area contributed by atoms with Crippen molar-refractivity contribution in [3.63, 3.8) is 0 Å². The number of hydrogen-bond acceptors (Lipinski definition) is 10. The maximum Gasteiger partial charge on any atom is 0.319 e. The third-order valence-electron chi connectivity index (χ3n) is 8.82. The van der Waals surface area contributed by atoms with Crippen LogP contribution in [0.15, 0.2) is 54.6 Å². The van der Waals surface area contributed by atoms with Crippen molar-refractivity contribution in [3.8, 4) is 0 Å². The lowest BCUT2D eigenvalue weighted by Gasteiger charge is -2.23. The molecule has 3 aromatic rings. The first-order valence-corrected chi connectivity index (χ1v) is 18.8. The lowest BCUT2D eigenvalue weighted by Crippen LogP contribution is -2.36. The molecule has 0 fully saturated rings. The van der Waals surface area contributed by atoms with Gasteiger partial charge in [0.2, 0.25) is 0 Å². The van der Waals surface area contributed by atoms with E-state index in [2.05, 4.69) is 36.8 Å². The van der Waals surface area contributed by atoms with Crippen molar-refractivity contribution >= 4 is 69.9 Å². The maximum atomic E-state index is 12.7. The molecular formula is C42H51N7O9. The fourth-order valence-corrected chi connectivity index (χ4v) is 5.69. The summed E-state index contributed by atoms with van der Waals surface area (Å²) >= 11 is 0. The zero-order valence-electron chi connectivity index (χ0n) is 33.7. The van der Waals surface area contributed by atoms with E-state index >= 15 is 0 Å². The van der Waals surface area contributed by atoms with Crippen LogP contribution in [0.25, 0.3) is 0 Å². The zero-order valence-corrected chi connectivity index (χ0v) is 33.7. The van der Waals surface area contributed by atoms with Crippen LogP contribution in [0.1, 0.15) is 123 Å². The Morgan fingerprint density at radius 1 is 0.362 bits per heavy atom. The number of benzene rings is 3. The highest BCUT2D eigenvalue weighted by molar-refractivity contribution is 6.04. The van der Waals surface area contributed by atoms with E-state index < -0.39 is 18.1 Å². The van der Waals surface area contributed by atoms with Crippen LogP contribution in [-0.2, 0) is 0 Å². The lowest BCUT2D eigenvalue weighted by molar-refractivity contribution is 0.0998. The standard InChI is InChI=1S/C42H51N7O9/c1-25(50)31-16-32(26(2)51)20-37(19-31)46-40(56)43-10-7-13-49(14-8-11-44-41(57)47-38-21-33(27(3)52)17-34(22-38)28(4)53)15-9-12-45-42(58)48-39-23-35(29(5)54)18-36(24-39)30(6)55/h16-24H,7-15H2,1-6H3,(H2,43,46,56)(H2,44,47,57)(H2,45,48,58). The summed E-state index contributed by atoms with van der Waals surface area (Å²) < 4.78 is 0. The molecule has 0 bridgehead atoms. The Labute approximate surface area is 337 Å². The second kappa shape index (κ2) is 22.3. The van der Waals surface area contributed by atoms with E-state index in [1.165, 1.54) is 96.1 Å². The molecule has 16 heteroatoms. The van der Waals surface area contributed by atoms with Gasteiger partial charge in [0.15, 0.2) is 34.7 Å². The van der Waals surface area contributed by atoms with Crippen molar-refractivity contribution in [2.75, 3.05) is 55.2 Å². The molecule has 0 aliphatic carbocycles. The van der Waals surface area contributed by atoms with Crippen LogP contribution < -0.4 is 31.9 Å². The molecule has 0 saturated carbocycles. The van der Waals surface area contributed by atoms with Crippen LogP contribution >= 0.6 is 0 Å². The quantitative estimate of drug-likeness (QED) is 0.0533. The molecular weight excluding hydrogens is 747 g/mol. The minimum Gasteiger partial charge on any atom is -0.338 e. The summed E-state index contributed by atoms with van der Waals surface area (Å²) in [6.07, 6.45) is 1.62. The highest BCUT2D eigenvalue weighted by Gasteiger charge is 2.14. The number of anilines is 3. The molecule has 0 heterocycles. The van der Waals surface area contributed by atoms with E-state index in [1.807, 2.05) is 0 Å². The number of carbonyl (C=O) groups is 9. The number of hydrogen-bond donors (Lipinski definition) is 6. The van der Waals surface area contributed by atoms with Gasteiger partial charge in [-0.1, -0.05) is 0 Å². The van der Waals surface area contributed by atoms with Crippen molar-refractivity contribution in [1.82, 2.24) is 20.9 Å². The summed E-state index contributed by atoms with van der Waals surface area (Å²) in [5.41, 5.74) is 2.71. The predicted molar refractivity (Wildman–Crippen MR) is 221 cm³/mol. The molecule has 0 unspecified atom stereocenters. The van der Waals surface area contributed by atoms with Gasteiger partial charge in [0, 0.05) is 70.1 Å². The number of nitrogens with one attached hydrogen (secondary N) is 6. The lowest BCUT2D eigenvalue weighted by atomic mass is 10.0. The minimum absolute atomic E-state index is 0.247. The van der Waals surface area contributed by atoms with E-state index in [-0.39, 0.29) is 34.7 Å². The van der Waals surface area contributed by atoms with Crippen molar-refractivity contribution in [2.45, 2.75) is 60.8 Å². The molecule has 3 rings (SSSR count). The van der Waals surface area contributed by atoms with Gasteiger partial charge in [0.05, 0.1) is 0 Å². The average molecular weight is 798 g/mol. The Bertz CT molecular complexity index is 1750. The average Bonchev–Trinajstić information content (AvgIpc) is 3.15. The molecule has 308 valence electrons. The Morgan fingerprint density at radius 2 is 0.569 bits per heavy atom. The molecule has 6 N–H and O–H groups in total. The Hall–Kier alpha value is -6.55. The first kappa shape index (κ1) is 45.8. The van der Waals surface area contributed by atoms with E-state index in [4.69, 9.17) is 0 Å². The van der Waals surface area contributed by atoms with Crippen molar-refractivity contribution < 1.29 is 43.2 Å². The molecule has 0 atom stereocenters. The second-order valence-electron chi connectivity index (χ2n) is 13.8. The van der Waals surface area contributed by atoms with Crippen LogP contribution in [0.4, 0.5) is 31.4 Å². The molecule has 3 aromatic carbocycles. The topological polar surface area (TPSA) is 229 Å². The van der Waals surface area contributed by atoms with Gasteiger partial charge in [0.1, 0.15) is 0 Å². The highest BCUT2D eigenvalue weighted by atomic mass is 16.2. The number of carbonyl (C=O) groups excluding carboxylic acids is 9. The fourth-order valence-electron chi connectivity index (χ4n) is 5.69. The Balaban J connectivity index is 1.56. The molecule has 0 aliphatic heterocycles. The molecule has 0 aliphatic rings. The number of amides is 6. The summed E-state index contributed by atoms with van der Waals surface area (Å²) in [5, 5.41) is 16.3. The zero-order chi connectivity index (χ0) is 42.9. The monoisotopic (exact) mass is 797 g/mol. The summed E-state index contributed by atoms with van der Waals surface area (Å²) in [5.74, 6) is -1.48. The van der Waals surface area contributed by atoms with Gasteiger partial charge in [-0.25, -0.2) is 14.4 Å². The predicted octanol–water partition coefficient (Wildman–Crippen LogP) is 6.14. The van der Waals surface area contributed by atoms with Gasteiger partial charge in [0.25, 0.3) is 0 Å². The van der Waals surface area contributed by atoms with E-state index in [0.717, 1.165) is 0 Å². The first-order valence-electron chi connectivity index (χ1n) is 18.8. The summed E-state index contributed by atoms with van der Waals surface area (Å²) in [6.45, 7) is 10.7. The smallest absolute Gasteiger partial charge is 0.319 e. The normalized spacial score (nSPS) is 10.6. The van der Waals surface area contributed by atoms with Gasteiger partial charge in [-0.2, -0.15) is 0 Å². The van der Waals surface area contributed by atoms with Gasteiger partial charge < -0.3 is 36.8 Å². The van der Waals surface area contributed by atoms with Gasteiger partial charge >= 0.3 is 18.1 Å². The number of nitrogens with zero attached hydrogens (tertiary/aromatic N) is 1. The Kier molecular flexibility index (Phi) is 17.6. The minimum atomic E-state index is -0.513. The third kappa shape index (κ3) is 15.5. The maximum absolute atomic E-state index is 12.7. The van der Waals surface area contributed by atoms with Crippen LogP contribution in [-0.4, -0.2) is 97.0 Å². The van der Waals surface area contributed by atoms with Crippen LogP contribution in [0, 0.1) is 0 Å². The second-order valence-corrected chi connectivity index (χ2v) is 13.8. The molecule has 58 heavy (non-hydrogen) atoms. The van der Waals surface area contributed by atoms with E-state index in [9.17, 15) is 43.2 Å². The number of urea groups is 3. The molecule has 6 amide bonds. The SMILES string of the molecule is CC(=O)c1cc(NC(=O)NCCCN(CCCNC(=O)Nc2cc(C(C)=O)cc(C(C)=O)c2)CCCNC(=O)Nc2cc(C(C)=O)cc(C(C)=O)c2)cc(C(C)=O)c1. The Morgan fingerprint density at radius 3 is 0.759 bits per heavy atom.